The van der Waals surface area contributed by atoms with Crippen molar-refractivity contribution in [2.24, 2.45) is 0 Å². The number of ether oxygens (including phenoxy) is 1. The minimum atomic E-state index is -4.78. The van der Waals surface area contributed by atoms with Crippen molar-refractivity contribution in [2.45, 2.75) is 25.3 Å². The van der Waals surface area contributed by atoms with E-state index >= 15 is 0 Å². The third kappa shape index (κ3) is 4.75. The number of benzene rings is 1. The number of hydrogen-bond acceptors (Lipinski definition) is 3. The molecule has 2 rings (SSSR count). The number of pyridine rings is 1. The lowest BCUT2D eigenvalue weighted by Gasteiger charge is -2.17. The molecule has 1 unspecified atom stereocenters. The number of aliphatic hydroxyl groups is 1. The van der Waals surface area contributed by atoms with Crippen LogP contribution in [-0.4, -0.2) is 16.5 Å². The van der Waals surface area contributed by atoms with Crippen molar-refractivity contribution < 1.29 is 23.0 Å². The Morgan fingerprint density at radius 3 is 2.57 bits per heavy atom. The number of rotatable bonds is 5. The van der Waals surface area contributed by atoms with Gasteiger partial charge in [-0.15, -0.1) is 13.2 Å². The maximum atomic E-state index is 12.3. The third-order valence-electron chi connectivity index (χ3n) is 2.93. The Morgan fingerprint density at radius 1 is 1.14 bits per heavy atom. The monoisotopic (exact) mass is 297 g/mol. The van der Waals surface area contributed by atoms with Gasteiger partial charge in [0.25, 0.3) is 0 Å². The van der Waals surface area contributed by atoms with Gasteiger partial charge in [0, 0.05) is 18.0 Å². The first-order chi connectivity index (χ1) is 9.96. The van der Waals surface area contributed by atoms with Crippen LogP contribution in [0.15, 0.2) is 48.8 Å². The lowest BCUT2D eigenvalue weighted by molar-refractivity contribution is -0.275. The summed E-state index contributed by atoms with van der Waals surface area (Å²) in [5.41, 5.74) is 1.03. The Kier molecular flexibility index (Phi) is 4.80. The van der Waals surface area contributed by atoms with E-state index in [1.807, 2.05) is 6.07 Å². The van der Waals surface area contributed by atoms with Crippen LogP contribution in [0.5, 0.6) is 5.75 Å². The highest BCUT2D eigenvalue weighted by Crippen LogP contribution is 2.32. The SMILES string of the molecule is OC(CCc1cccnc1)c1ccccc1OC(F)(F)F. The molecule has 0 amide bonds. The first kappa shape index (κ1) is 15.3. The Balaban J connectivity index is 2.07. The van der Waals surface area contributed by atoms with Gasteiger partial charge in [-0.25, -0.2) is 0 Å². The van der Waals surface area contributed by atoms with Crippen LogP contribution >= 0.6 is 0 Å². The summed E-state index contributed by atoms with van der Waals surface area (Å²) < 4.78 is 40.9. The second-order valence-corrected chi connectivity index (χ2v) is 4.50. The summed E-state index contributed by atoms with van der Waals surface area (Å²) in [6.07, 6.45) is -1.74. The lowest BCUT2D eigenvalue weighted by Crippen LogP contribution is -2.18. The molecule has 21 heavy (non-hydrogen) atoms. The van der Waals surface area contributed by atoms with Crippen LogP contribution in [-0.2, 0) is 6.42 Å². The maximum absolute atomic E-state index is 12.3. The fourth-order valence-corrected chi connectivity index (χ4v) is 1.98. The molecule has 2 aromatic rings. The summed E-state index contributed by atoms with van der Waals surface area (Å²) in [7, 11) is 0. The molecule has 3 nitrogen and oxygen atoms in total. The van der Waals surface area contributed by atoms with Gasteiger partial charge >= 0.3 is 6.36 Å². The molecular weight excluding hydrogens is 283 g/mol. The predicted octanol–water partition coefficient (Wildman–Crippen LogP) is 3.65. The van der Waals surface area contributed by atoms with Gasteiger partial charge in [-0.05, 0) is 30.5 Å². The summed E-state index contributed by atoms with van der Waals surface area (Å²) >= 11 is 0. The zero-order valence-corrected chi connectivity index (χ0v) is 11.0. The Hall–Kier alpha value is -2.08. The number of aryl methyl sites for hydroxylation is 1. The van der Waals surface area contributed by atoms with E-state index in [1.54, 1.807) is 24.5 Å². The van der Waals surface area contributed by atoms with Gasteiger partial charge in [0.2, 0.25) is 0 Å². The summed E-state index contributed by atoms with van der Waals surface area (Å²) in [4.78, 5) is 3.95. The minimum absolute atomic E-state index is 0.124. The smallest absolute Gasteiger partial charge is 0.405 e. The molecule has 1 atom stereocenters. The van der Waals surface area contributed by atoms with Gasteiger partial charge in [0.05, 0.1) is 6.10 Å². The molecule has 0 saturated carbocycles. The van der Waals surface area contributed by atoms with Crippen molar-refractivity contribution in [1.82, 2.24) is 4.98 Å². The number of aliphatic hydroxyl groups excluding tert-OH is 1. The second-order valence-electron chi connectivity index (χ2n) is 4.50. The number of para-hydroxylation sites is 1. The minimum Gasteiger partial charge on any atom is -0.405 e. The zero-order chi connectivity index (χ0) is 15.3. The van der Waals surface area contributed by atoms with Gasteiger partial charge in [-0.1, -0.05) is 24.3 Å². The fraction of sp³-hybridized carbons (Fsp3) is 0.267. The first-order valence-corrected chi connectivity index (χ1v) is 6.37. The first-order valence-electron chi connectivity index (χ1n) is 6.37. The Bertz CT molecular complexity index is 573. The molecule has 1 heterocycles. The molecule has 1 aromatic carbocycles. The van der Waals surface area contributed by atoms with Gasteiger partial charge in [0.15, 0.2) is 0 Å². The number of hydrogen-bond donors (Lipinski definition) is 1. The van der Waals surface area contributed by atoms with Crippen molar-refractivity contribution >= 4 is 0 Å². The standard InChI is InChI=1S/C15H14F3NO2/c16-15(17,18)21-14-6-2-1-5-12(14)13(20)8-7-11-4-3-9-19-10-11/h1-6,9-10,13,20H,7-8H2. The van der Waals surface area contributed by atoms with Crippen molar-refractivity contribution in [2.75, 3.05) is 0 Å². The van der Waals surface area contributed by atoms with Gasteiger partial charge in [0.1, 0.15) is 5.75 Å². The highest BCUT2D eigenvalue weighted by atomic mass is 19.4. The largest absolute Gasteiger partial charge is 0.573 e. The second kappa shape index (κ2) is 6.58. The maximum Gasteiger partial charge on any atom is 0.573 e. The lowest BCUT2D eigenvalue weighted by atomic mass is 10.0. The number of nitrogens with zero attached hydrogens (tertiary/aromatic N) is 1. The molecule has 0 bridgehead atoms. The van der Waals surface area contributed by atoms with Crippen LogP contribution in [0, 0.1) is 0 Å². The molecule has 0 spiro atoms. The molecule has 112 valence electrons. The molecule has 0 aliphatic carbocycles. The van der Waals surface area contributed by atoms with Crippen LogP contribution in [0.3, 0.4) is 0 Å². The molecule has 6 heteroatoms. The van der Waals surface area contributed by atoms with Crippen LogP contribution in [0.2, 0.25) is 0 Å². The van der Waals surface area contributed by atoms with Crippen LogP contribution in [0.1, 0.15) is 23.7 Å². The van der Waals surface area contributed by atoms with E-state index in [4.69, 9.17) is 0 Å². The topological polar surface area (TPSA) is 42.4 Å². The van der Waals surface area contributed by atoms with E-state index in [9.17, 15) is 18.3 Å². The molecule has 0 aliphatic heterocycles. The Morgan fingerprint density at radius 2 is 1.90 bits per heavy atom. The van der Waals surface area contributed by atoms with E-state index < -0.39 is 12.5 Å². The van der Waals surface area contributed by atoms with Crippen molar-refractivity contribution in [3.05, 3.63) is 59.9 Å². The summed E-state index contributed by atoms with van der Waals surface area (Å²) in [5, 5.41) is 10.1. The van der Waals surface area contributed by atoms with E-state index in [0.717, 1.165) is 5.56 Å². The van der Waals surface area contributed by atoms with Crippen molar-refractivity contribution in [3.63, 3.8) is 0 Å². The predicted molar refractivity (Wildman–Crippen MR) is 70.6 cm³/mol. The normalized spacial score (nSPS) is 13.0. The average molecular weight is 297 g/mol. The molecule has 0 radical (unpaired) electrons. The average Bonchev–Trinajstić information content (AvgIpc) is 2.45. The number of alkyl halides is 3. The van der Waals surface area contributed by atoms with Crippen LogP contribution in [0.25, 0.3) is 0 Å². The molecule has 1 N–H and O–H groups in total. The zero-order valence-electron chi connectivity index (χ0n) is 11.0. The molecule has 0 aliphatic rings. The number of halogens is 3. The van der Waals surface area contributed by atoms with Gasteiger partial charge in [-0.3, -0.25) is 4.98 Å². The highest BCUT2D eigenvalue weighted by molar-refractivity contribution is 5.35. The van der Waals surface area contributed by atoms with E-state index in [0.29, 0.717) is 6.42 Å². The summed E-state index contributed by atoms with van der Waals surface area (Å²) in [6.45, 7) is 0. The van der Waals surface area contributed by atoms with Crippen molar-refractivity contribution in [1.29, 1.82) is 0 Å². The molecule has 0 fully saturated rings. The molecule has 0 saturated heterocycles. The van der Waals surface area contributed by atoms with Gasteiger partial charge < -0.3 is 9.84 Å². The van der Waals surface area contributed by atoms with Crippen LogP contribution in [0.4, 0.5) is 13.2 Å². The van der Waals surface area contributed by atoms with E-state index in [1.165, 1.54) is 18.2 Å². The van der Waals surface area contributed by atoms with E-state index in [2.05, 4.69) is 9.72 Å². The summed E-state index contributed by atoms with van der Waals surface area (Å²) in [6, 6.07) is 9.22. The third-order valence-corrected chi connectivity index (χ3v) is 2.93. The Labute approximate surface area is 120 Å². The van der Waals surface area contributed by atoms with Gasteiger partial charge in [-0.2, -0.15) is 0 Å². The quantitative estimate of drug-likeness (QED) is 0.916. The molecule has 1 aromatic heterocycles. The highest BCUT2D eigenvalue weighted by Gasteiger charge is 2.32. The van der Waals surface area contributed by atoms with E-state index in [-0.39, 0.29) is 17.7 Å². The number of aromatic nitrogens is 1. The van der Waals surface area contributed by atoms with Crippen LogP contribution < -0.4 is 4.74 Å². The van der Waals surface area contributed by atoms with Crippen molar-refractivity contribution in [3.8, 4) is 5.75 Å². The summed E-state index contributed by atoms with van der Waals surface area (Å²) in [5.74, 6) is -0.372. The fourth-order valence-electron chi connectivity index (χ4n) is 1.98. The molecular formula is C15H14F3NO2.